The van der Waals surface area contributed by atoms with Crippen LogP contribution in [0.25, 0.3) is 0 Å². The SMILES string of the molecule is CCS(=O)(=O)CC1CC1(Cl)Cl. The van der Waals surface area contributed by atoms with Crippen molar-refractivity contribution in [3.63, 3.8) is 0 Å². The van der Waals surface area contributed by atoms with Gasteiger partial charge in [-0.1, -0.05) is 6.92 Å². The van der Waals surface area contributed by atoms with E-state index in [9.17, 15) is 8.42 Å². The molecule has 0 heterocycles. The maximum atomic E-state index is 11.0. The van der Waals surface area contributed by atoms with Crippen LogP contribution >= 0.6 is 23.2 Å². The summed E-state index contributed by atoms with van der Waals surface area (Å²) in [5.41, 5.74) is 0. The molecule has 0 saturated heterocycles. The van der Waals surface area contributed by atoms with E-state index >= 15 is 0 Å². The first-order chi connectivity index (χ1) is 4.87. The van der Waals surface area contributed by atoms with E-state index < -0.39 is 14.2 Å². The third-order valence-electron chi connectivity index (χ3n) is 1.85. The zero-order valence-electron chi connectivity index (χ0n) is 6.18. The zero-order valence-corrected chi connectivity index (χ0v) is 8.51. The van der Waals surface area contributed by atoms with Crippen molar-refractivity contribution in [2.75, 3.05) is 11.5 Å². The van der Waals surface area contributed by atoms with Crippen LogP contribution in [0, 0.1) is 5.92 Å². The largest absolute Gasteiger partial charge is 0.229 e. The third-order valence-corrected chi connectivity index (χ3v) is 4.57. The summed E-state index contributed by atoms with van der Waals surface area (Å²) in [7, 11) is -2.90. The van der Waals surface area contributed by atoms with E-state index in [0.717, 1.165) is 0 Å². The van der Waals surface area contributed by atoms with Crippen molar-refractivity contribution >= 4 is 33.0 Å². The fourth-order valence-electron chi connectivity index (χ4n) is 0.875. The average molecular weight is 217 g/mol. The van der Waals surface area contributed by atoms with Crippen molar-refractivity contribution in [2.45, 2.75) is 17.7 Å². The van der Waals surface area contributed by atoms with Crippen molar-refractivity contribution in [3.8, 4) is 0 Å². The predicted octanol–water partition coefficient (Wildman–Crippen LogP) is 1.61. The zero-order chi connectivity index (χ0) is 8.70. The molecule has 11 heavy (non-hydrogen) atoms. The highest BCUT2D eigenvalue weighted by Gasteiger charge is 2.52. The van der Waals surface area contributed by atoms with Crippen molar-refractivity contribution in [1.29, 1.82) is 0 Å². The molecule has 1 rings (SSSR count). The molecule has 0 N–H and O–H groups in total. The summed E-state index contributed by atoms with van der Waals surface area (Å²) < 4.78 is 21.3. The van der Waals surface area contributed by atoms with Crippen LogP contribution in [0.15, 0.2) is 0 Å². The number of rotatable bonds is 3. The van der Waals surface area contributed by atoms with E-state index in [-0.39, 0.29) is 17.4 Å². The van der Waals surface area contributed by atoms with Crippen molar-refractivity contribution in [1.82, 2.24) is 0 Å². The van der Waals surface area contributed by atoms with Gasteiger partial charge in [-0.05, 0) is 6.42 Å². The van der Waals surface area contributed by atoms with Crippen LogP contribution in [0.3, 0.4) is 0 Å². The highest BCUT2D eigenvalue weighted by atomic mass is 35.5. The Morgan fingerprint density at radius 3 is 2.27 bits per heavy atom. The normalized spacial score (nSPS) is 28.5. The molecule has 5 heteroatoms. The van der Waals surface area contributed by atoms with E-state index in [4.69, 9.17) is 23.2 Å². The topological polar surface area (TPSA) is 34.1 Å². The number of sulfone groups is 1. The molecule has 0 aromatic heterocycles. The van der Waals surface area contributed by atoms with Crippen LogP contribution in [0.1, 0.15) is 13.3 Å². The van der Waals surface area contributed by atoms with E-state index in [2.05, 4.69) is 0 Å². The standard InChI is InChI=1S/C6H10Cl2O2S/c1-2-11(9,10)4-5-3-6(5,7)8/h5H,2-4H2,1H3. The minimum absolute atomic E-state index is 0.0456. The van der Waals surface area contributed by atoms with Crippen molar-refractivity contribution in [3.05, 3.63) is 0 Å². The molecule has 1 aliphatic rings. The molecule has 0 spiro atoms. The minimum atomic E-state index is -2.90. The Labute approximate surface area is 76.8 Å². The molecule has 0 bridgehead atoms. The molecule has 1 unspecified atom stereocenters. The molecule has 1 aliphatic carbocycles. The maximum absolute atomic E-state index is 11.0. The van der Waals surface area contributed by atoms with Gasteiger partial charge in [0, 0.05) is 11.7 Å². The molecule has 0 aromatic rings. The van der Waals surface area contributed by atoms with Gasteiger partial charge < -0.3 is 0 Å². The summed E-state index contributed by atoms with van der Waals surface area (Å²) >= 11 is 11.3. The molecular formula is C6H10Cl2O2S. The van der Waals surface area contributed by atoms with Crippen molar-refractivity contribution < 1.29 is 8.42 Å². The highest BCUT2D eigenvalue weighted by Crippen LogP contribution is 2.53. The summed E-state index contributed by atoms with van der Waals surface area (Å²) in [6, 6.07) is 0. The first kappa shape index (κ1) is 9.62. The van der Waals surface area contributed by atoms with Gasteiger partial charge in [-0.2, -0.15) is 0 Å². The highest BCUT2D eigenvalue weighted by molar-refractivity contribution is 7.91. The van der Waals surface area contributed by atoms with Gasteiger partial charge in [-0.15, -0.1) is 23.2 Å². The first-order valence-corrected chi connectivity index (χ1v) is 6.03. The number of halogens is 2. The van der Waals surface area contributed by atoms with E-state index in [1.165, 1.54) is 0 Å². The second-order valence-electron chi connectivity index (χ2n) is 2.86. The van der Waals surface area contributed by atoms with E-state index in [0.29, 0.717) is 6.42 Å². The molecule has 0 amide bonds. The summed E-state index contributed by atoms with van der Waals surface area (Å²) in [5, 5.41) is 0. The van der Waals surface area contributed by atoms with Gasteiger partial charge in [-0.25, -0.2) is 8.42 Å². The molecular weight excluding hydrogens is 207 g/mol. The lowest BCUT2D eigenvalue weighted by Gasteiger charge is -1.99. The molecule has 1 fully saturated rings. The van der Waals surface area contributed by atoms with Crippen LogP contribution < -0.4 is 0 Å². The number of hydrogen-bond acceptors (Lipinski definition) is 2. The lowest BCUT2D eigenvalue weighted by molar-refractivity contribution is 0.593. The van der Waals surface area contributed by atoms with Crippen LogP contribution in [-0.2, 0) is 9.84 Å². The van der Waals surface area contributed by atoms with Gasteiger partial charge in [0.05, 0.1) is 5.75 Å². The second-order valence-corrected chi connectivity index (χ2v) is 6.80. The molecule has 0 radical (unpaired) electrons. The van der Waals surface area contributed by atoms with Gasteiger partial charge in [-0.3, -0.25) is 0 Å². The first-order valence-electron chi connectivity index (χ1n) is 3.45. The monoisotopic (exact) mass is 216 g/mol. The lowest BCUT2D eigenvalue weighted by atomic mass is 10.5. The van der Waals surface area contributed by atoms with Gasteiger partial charge in [0.15, 0.2) is 0 Å². The fourth-order valence-corrected chi connectivity index (χ4v) is 2.84. The van der Waals surface area contributed by atoms with Gasteiger partial charge in [0.25, 0.3) is 0 Å². The van der Waals surface area contributed by atoms with Crippen LogP contribution in [-0.4, -0.2) is 24.3 Å². The molecule has 1 saturated carbocycles. The summed E-state index contributed by atoms with van der Waals surface area (Å²) in [6.45, 7) is 1.63. The van der Waals surface area contributed by atoms with Gasteiger partial charge in [0.1, 0.15) is 14.2 Å². The lowest BCUT2D eigenvalue weighted by Crippen LogP contribution is -2.12. The quantitative estimate of drug-likeness (QED) is 0.673. The molecule has 66 valence electrons. The Morgan fingerprint density at radius 1 is 1.55 bits per heavy atom. The average Bonchev–Trinajstić information content (AvgIpc) is 2.39. The summed E-state index contributed by atoms with van der Waals surface area (Å²) in [4.78, 5) is 0. The Hall–Kier alpha value is 0.530. The molecule has 0 aromatic carbocycles. The molecule has 1 atom stereocenters. The Kier molecular flexibility index (Phi) is 2.43. The van der Waals surface area contributed by atoms with E-state index in [1.54, 1.807) is 6.92 Å². The third kappa shape index (κ3) is 2.49. The summed E-state index contributed by atoms with van der Waals surface area (Å²) in [5.74, 6) is 0.264. The Balaban J connectivity index is 2.47. The van der Waals surface area contributed by atoms with Crippen molar-refractivity contribution in [2.24, 2.45) is 5.92 Å². The number of hydrogen-bond donors (Lipinski definition) is 0. The molecule has 2 nitrogen and oxygen atoms in total. The van der Waals surface area contributed by atoms with Gasteiger partial charge >= 0.3 is 0 Å². The van der Waals surface area contributed by atoms with Gasteiger partial charge in [0.2, 0.25) is 0 Å². The van der Waals surface area contributed by atoms with Crippen LogP contribution in [0.4, 0.5) is 0 Å². The van der Waals surface area contributed by atoms with Crippen LogP contribution in [0.2, 0.25) is 0 Å². The minimum Gasteiger partial charge on any atom is -0.229 e. The van der Waals surface area contributed by atoms with E-state index in [1.807, 2.05) is 0 Å². The fraction of sp³-hybridized carbons (Fsp3) is 1.00. The smallest absolute Gasteiger partial charge is 0.150 e. The number of alkyl halides is 2. The second kappa shape index (κ2) is 2.79. The maximum Gasteiger partial charge on any atom is 0.150 e. The Morgan fingerprint density at radius 2 is 2.00 bits per heavy atom. The van der Waals surface area contributed by atoms with Crippen LogP contribution in [0.5, 0.6) is 0 Å². The predicted molar refractivity (Wildman–Crippen MR) is 46.9 cm³/mol. The Bertz CT molecular complexity index is 245. The molecule has 0 aliphatic heterocycles. The summed E-state index contributed by atoms with van der Waals surface area (Å²) in [6.07, 6.45) is 0.606.